The van der Waals surface area contributed by atoms with E-state index in [0.717, 1.165) is 29.5 Å². The van der Waals surface area contributed by atoms with E-state index in [2.05, 4.69) is 27.1 Å². The summed E-state index contributed by atoms with van der Waals surface area (Å²) < 4.78 is 2.23. The lowest BCUT2D eigenvalue weighted by Gasteiger charge is -2.28. The van der Waals surface area contributed by atoms with Gasteiger partial charge in [-0.2, -0.15) is 0 Å². The molecule has 6 heteroatoms. The van der Waals surface area contributed by atoms with Gasteiger partial charge in [0.2, 0.25) is 0 Å². The van der Waals surface area contributed by atoms with E-state index in [1.54, 1.807) is 11.3 Å². The Morgan fingerprint density at radius 3 is 2.76 bits per heavy atom. The number of rotatable bonds is 2. The molecule has 0 fully saturated rings. The molecular weight excluding hydrogens is 302 g/mol. The minimum absolute atomic E-state index is 0.108. The summed E-state index contributed by atoms with van der Waals surface area (Å²) in [6.45, 7) is 2.13. The van der Waals surface area contributed by atoms with Crippen molar-refractivity contribution in [1.82, 2.24) is 14.5 Å². The molecule has 0 atom stereocenters. The van der Waals surface area contributed by atoms with E-state index in [9.17, 15) is 4.79 Å². The van der Waals surface area contributed by atoms with Crippen molar-refractivity contribution in [3.05, 3.63) is 51.9 Å². The Hall–Kier alpha value is -1.92. The molecule has 0 saturated carbocycles. The number of imidazole rings is 1. The van der Waals surface area contributed by atoms with Gasteiger partial charge in [0, 0.05) is 13.1 Å². The maximum absolute atomic E-state index is 12.4. The molecule has 1 amide bonds. The second-order valence-electron chi connectivity index (χ2n) is 4.89. The normalized spacial score (nSPS) is 14.2. The quantitative estimate of drug-likeness (QED) is 0.727. The van der Waals surface area contributed by atoms with Crippen LogP contribution in [0.2, 0.25) is 0 Å². The van der Waals surface area contributed by atoms with Gasteiger partial charge in [-0.1, -0.05) is 12.1 Å². The molecule has 0 radical (unpaired) electrons. The number of carbonyl (C=O) groups excluding carboxylic acids is 1. The largest absolute Gasteiger partial charge is 0.329 e. The van der Waals surface area contributed by atoms with Gasteiger partial charge in [-0.05, 0) is 22.9 Å². The van der Waals surface area contributed by atoms with Crippen molar-refractivity contribution >= 4 is 28.6 Å². The summed E-state index contributed by atoms with van der Waals surface area (Å²) >= 11 is 3.21. The molecule has 0 aliphatic carbocycles. The molecule has 106 valence electrons. The van der Waals surface area contributed by atoms with Gasteiger partial charge >= 0.3 is 0 Å². The standard InChI is InChI=1S/C15H13N3OS2/c19-15(13-4-2-8-21-13)17-5-6-18-11(9-16-14(18)10-17)12-3-1-7-20-12/h1-4,7-9H,5-6,10H2. The smallest absolute Gasteiger partial charge is 0.264 e. The zero-order chi connectivity index (χ0) is 14.2. The van der Waals surface area contributed by atoms with Crippen LogP contribution in [0, 0.1) is 0 Å². The molecule has 21 heavy (non-hydrogen) atoms. The van der Waals surface area contributed by atoms with Crippen LogP contribution in [0.15, 0.2) is 41.2 Å². The topological polar surface area (TPSA) is 38.1 Å². The summed E-state index contributed by atoms with van der Waals surface area (Å²) in [6.07, 6.45) is 1.92. The van der Waals surface area contributed by atoms with Crippen LogP contribution in [0.4, 0.5) is 0 Å². The number of hydrogen-bond acceptors (Lipinski definition) is 4. The third-order valence-electron chi connectivity index (χ3n) is 3.66. The van der Waals surface area contributed by atoms with Crippen LogP contribution in [0.3, 0.4) is 0 Å². The first-order chi connectivity index (χ1) is 10.3. The molecule has 4 heterocycles. The molecule has 3 aromatic rings. The minimum atomic E-state index is 0.108. The lowest BCUT2D eigenvalue weighted by Crippen LogP contribution is -2.38. The van der Waals surface area contributed by atoms with Crippen molar-refractivity contribution in [3.63, 3.8) is 0 Å². The number of thiophene rings is 2. The summed E-state index contributed by atoms with van der Waals surface area (Å²) in [4.78, 5) is 20.8. The second kappa shape index (κ2) is 5.13. The molecule has 1 aliphatic heterocycles. The van der Waals surface area contributed by atoms with Crippen molar-refractivity contribution in [2.45, 2.75) is 13.1 Å². The molecule has 0 spiro atoms. The molecular formula is C15H13N3OS2. The first-order valence-electron chi connectivity index (χ1n) is 6.74. The van der Waals surface area contributed by atoms with Crippen LogP contribution in [0.5, 0.6) is 0 Å². The van der Waals surface area contributed by atoms with Crippen LogP contribution >= 0.6 is 22.7 Å². The van der Waals surface area contributed by atoms with Gasteiger partial charge < -0.3 is 9.47 Å². The Morgan fingerprint density at radius 1 is 1.14 bits per heavy atom. The fourth-order valence-corrected chi connectivity index (χ4v) is 4.05. The van der Waals surface area contributed by atoms with Crippen molar-refractivity contribution < 1.29 is 4.79 Å². The van der Waals surface area contributed by atoms with Crippen LogP contribution in [0.25, 0.3) is 10.6 Å². The van der Waals surface area contributed by atoms with Gasteiger partial charge in [0.25, 0.3) is 5.91 Å². The predicted molar refractivity (Wildman–Crippen MR) is 84.6 cm³/mol. The highest BCUT2D eigenvalue weighted by molar-refractivity contribution is 7.13. The Balaban J connectivity index is 1.61. The summed E-state index contributed by atoms with van der Waals surface area (Å²) in [5, 5.41) is 4.01. The summed E-state index contributed by atoms with van der Waals surface area (Å²) in [5.41, 5.74) is 1.16. The van der Waals surface area contributed by atoms with Crippen LogP contribution in [-0.2, 0) is 13.1 Å². The molecule has 0 N–H and O–H groups in total. The second-order valence-corrected chi connectivity index (χ2v) is 6.79. The van der Waals surface area contributed by atoms with Gasteiger partial charge in [-0.25, -0.2) is 4.98 Å². The average Bonchev–Trinajstić information content (AvgIpc) is 3.24. The van der Waals surface area contributed by atoms with Gasteiger partial charge in [0.1, 0.15) is 5.82 Å². The van der Waals surface area contributed by atoms with Crippen LogP contribution in [-0.4, -0.2) is 26.9 Å². The fraction of sp³-hybridized carbons (Fsp3) is 0.200. The summed E-state index contributed by atoms with van der Waals surface area (Å²) in [6, 6.07) is 7.95. The summed E-state index contributed by atoms with van der Waals surface area (Å²) in [5.74, 6) is 1.08. The Bertz CT molecular complexity index is 759. The maximum Gasteiger partial charge on any atom is 0.264 e. The number of carbonyl (C=O) groups is 1. The molecule has 1 aliphatic rings. The zero-order valence-corrected chi connectivity index (χ0v) is 12.9. The molecule has 0 unspecified atom stereocenters. The third kappa shape index (κ3) is 2.20. The first-order valence-corrected chi connectivity index (χ1v) is 8.50. The van der Waals surface area contributed by atoms with Gasteiger partial charge in [-0.3, -0.25) is 4.79 Å². The Labute approximate surface area is 130 Å². The minimum Gasteiger partial charge on any atom is -0.329 e. The van der Waals surface area contributed by atoms with Crippen molar-refractivity contribution in [2.75, 3.05) is 6.54 Å². The molecule has 0 bridgehead atoms. The average molecular weight is 315 g/mol. The van der Waals surface area contributed by atoms with Crippen LogP contribution < -0.4 is 0 Å². The van der Waals surface area contributed by atoms with Crippen molar-refractivity contribution in [3.8, 4) is 10.6 Å². The van der Waals surface area contributed by atoms with E-state index in [0.29, 0.717) is 6.54 Å². The number of nitrogens with zero attached hydrogens (tertiary/aromatic N) is 3. The molecule has 0 saturated heterocycles. The number of fused-ring (bicyclic) bond motifs is 1. The number of aromatic nitrogens is 2. The lowest BCUT2D eigenvalue weighted by molar-refractivity contribution is 0.0713. The Morgan fingerprint density at radius 2 is 2.00 bits per heavy atom. The maximum atomic E-state index is 12.4. The predicted octanol–water partition coefficient (Wildman–Crippen LogP) is 3.33. The number of hydrogen-bond donors (Lipinski definition) is 0. The monoisotopic (exact) mass is 315 g/mol. The van der Waals surface area contributed by atoms with Gasteiger partial charge in [-0.15, -0.1) is 22.7 Å². The Kier molecular flexibility index (Phi) is 3.12. The van der Waals surface area contributed by atoms with E-state index in [1.807, 2.05) is 28.6 Å². The zero-order valence-electron chi connectivity index (χ0n) is 11.2. The summed E-state index contributed by atoms with van der Waals surface area (Å²) in [7, 11) is 0. The van der Waals surface area contributed by atoms with E-state index in [-0.39, 0.29) is 5.91 Å². The van der Waals surface area contributed by atoms with Gasteiger partial charge in [0.15, 0.2) is 0 Å². The lowest BCUT2D eigenvalue weighted by atomic mass is 10.3. The highest BCUT2D eigenvalue weighted by Crippen LogP contribution is 2.28. The van der Waals surface area contributed by atoms with Crippen LogP contribution in [0.1, 0.15) is 15.5 Å². The number of amides is 1. The molecule has 0 aromatic carbocycles. The van der Waals surface area contributed by atoms with E-state index in [1.165, 1.54) is 16.2 Å². The van der Waals surface area contributed by atoms with E-state index >= 15 is 0 Å². The molecule has 4 rings (SSSR count). The molecule has 4 nitrogen and oxygen atoms in total. The van der Waals surface area contributed by atoms with E-state index in [4.69, 9.17) is 0 Å². The fourth-order valence-electron chi connectivity index (χ4n) is 2.61. The van der Waals surface area contributed by atoms with Crippen molar-refractivity contribution in [1.29, 1.82) is 0 Å². The first kappa shape index (κ1) is 12.8. The molecule has 3 aromatic heterocycles. The third-order valence-corrected chi connectivity index (χ3v) is 5.41. The van der Waals surface area contributed by atoms with E-state index < -0.39 is 0 Å². The highest BCUT2D eigenvalue weighted by Gasteiger charge is 2.25. The van der Waals surface area contributed by atoms with Gasteiger partial charge in [0.05, 0.1) is 28.2 Å². The SMILES string of the molecule is O=C(c1cccs1)N1CCn2c(-c3cccs3)cnc2C1. The highest BCUT2D eigenvalue weighted by atomic mass is 32.1. The van der Waals surface area contributed by atoms with Crippen molar-refractivity contribution in [2.24, 2.45) is 0 Å².